The standard InChI is InChI=1S/C10H17NO4/c1-6(2)5-8(11)10(13)15-14-9(12)7(3)4/h6,8H,3,5,11H2,1-2,4H3/t8-/m1/s1. The van der Waals surface area contributed by atoms with Gasteiger partial charge in [0, 0.05) is 5.57 Å². The second kappa shape index (κ2) is 6.19. The zero-order valence-electron chi connectivity index (χ0n) is 9.28. The third-order valence-electron chi connectivity index (χ3n) is 1.58. The third-order valence-corrected chi connectivity index (χ3v) is 1.58. The fourth-order valence-corrected chi connectivity index (χ4v) is 0.816. The topological polar surface area (TPSA) is 78.6 Å². The van der Waals surface area contributed by atoms with Crippen LogP contribution in [0.15, 0.2) is 12.2 Å². The molecule has 0 aromatic heterocycles. The Hall–Kier alpha value is -1.36. The van der Waals surface area contributed by atoms with Gasteiger partial charge in [-0.25, -0.2) is 19.4 Å². The van der Waals surface area contributed by atoms with E-state index in [-0.39, 0.29) is 11.5 Å². The van der Waals surface area contributed by atoms with E-state index in [0.29, 0.717) is 6.42 Å². The Labute approximate surface area is 89.2 Å². The van der Waals surface area contributed by atoms with Crippen molar-refractivity contribution >= 4 is 11.9 Å². The van der Waals surface area contributed by atoms with Crippen LogP contribution in [0.2, 0.25) is 0 Å². The van der Waals surface area contributed by atoms with Crippen LogP contribution in [0, 0.1) is 5.92 Å². The van der Waals surface area contributed by atoms with Crippen molar-refractivity contribution in [3.05, 3.63) is 12.2 Å². The first-order valence-electron chi connectivity index (χ1n) is 4.68. The van der Waals surface area contributed by atoms with Crippen LogP contribution in [-0.2, 0) is 19.4 Å². The van der Waals surface area contributed by atoms with E-state index in [9.17, 15) is 9.59 Å². The summed E-state index contributed by atoms with van der Waals surface area (Å²) in [6, 6.07) is -0.775. The quantitative estimate of drug-likeness (QED) is 0.429. The Bertz CT molecular complexity index is 260. The first kappa shape index (κ1) is 13.6. The molecule has 0 fully saturated rings. The highest BCUT2D eigenvalue weighted by molar-refractivity contribution is 5.87. The molecule has 0 spiro atoms. The summed E-state index contributed by atoms with van der Waals surface area (Å²) in [5, 5.41) is 0. The number of carbonyl (C=O) groups excluding carboxylic acids is 2. The lowest BCUT2D eigenvalue weighted by Crippen LogP contribution is -2.34. The summed E-state index contributed by atoms with van der Waals surface area (Å²) in [6.45, 7) is 8.63. The molecule has 0 aliphatic carbocycles. The highest BCUT2D eigenvalue weighted by Crippen LogP contribution is 2.04. The summed E-state index contributed by atoms with van der Waals surface area (Å²) in [4.78, 5) is 30.5. The smallest absolute Gasteiger partial charge is 0.318 e. The van der Waals surface area contributed by atoms with Crippen molar-refractivity contribution in [3.8, 4) is 0 Å². The van der Waals surface area contributed by atoms with Crippen LogP contribution in [0.4, 0.5) is 0 Å². The molecule has 2 N–H and O–H groups in total. The van der Waals surface area contributed by atoms with Crippen LogP contribution < -0.4 is 5.73 Å². The minimum absolute atomic E-state index is 0.153. The molecule has 0 saturated carbocycles. The van der Waals surface area contributed by atoms with Gasteiger partial charge in [0.1, 0.15) is 6.04 Å². The maximum absolute atomic E-state index is 11.2. The molecule has 0 aliphatic heterocycles. The molecule has 0 heterocycles. The fourth-order valence-electron chi connectivity index (χ4n) is 0.816. The normalized spacial score (nSPS) is 12.1. The van der Waals surface area contributed by atoms with Crippen molar-refractivity contribution in [2.75, 3.05) is 0 Å². The molecule has 0 rings (SSSR count). The van der Waals surface area contributed by atoms with Crippen LogP contribution in [0.3, 0.4) is 0 Å². The predicted octanol–water partition coefficient (Wildman–Crippen LogP) is 0.937. The van der Waals surface area contributed by atoms with E-state index in [0.717, 1.165) is 0 Å². The summed E-state index contributed by atoms with van der Waals surface area (Å²) >= 11 is 0. The van der Waals surface area contributed by atoms with E-state index in [2.05, 4.69) is 16.4 Å². The SMILES string of the molecule is C=C(C)C(=O)OOC(=O)[C@H](N)CC(C)C. The molecule has 0 amide bonds. The van der Waals surface area contributed by atoms with Crippen LogP contribution in [0.25, 0.3) is 0 Å². The molecule has 0 radical (unpaired) electrons. The molecule has 0 aromatic carbocycles. The lowest BCUT2D eigenvalue weighted by Gasteiger charge is -2.11. The summed E-state index contributed by atoms with van der Waals surface area (Å²) < 4.78 is 0. The Morgan fingerprint density at radius 3 is 2.27 bits per heavy atom. The zero-order valence-corrected chi connectivity index (χ0v) is 9.28. The molecule has 0 bridgehead atoms. The van der Waals surface area contributed by atoms with Gasteiger partial charge in [-0.3, -0.25) is 0 Å². The Kier molecular flexibility index (Phi) is 5.62. The van der Waals surface area contributed by atoms with Gasteiger partial charge >= 0.3 is 11.9 Å². The van der Waals surface area contributed by atoms with Crippen LogP contribution in [0.1, 0.15) is 27.2 Å². The van der Waals surface area contributed by atoms with Gasteiger partial charge in [-0.15, -0.1) is 0 Å². The van der Waals surface area contributed by atoms with E-state index in [1.165, 1.54) is 6.92 Å². The largest absolute Gasteiger partial charge is 0.381 e. The molecule has 5 heteroatoms. The number of nitrogens with two attached hydrogens (primary N) is 1. The average Bonchev–Trinajstić information content (AvgIpc) is 2.12. The van der Waals surface area contributed by atoms with Gasteiger partial charge in [0.15, 0.2) is 0 Å². The first-order valence-corrected chi connectivity index (χ1v) is 4.68. The zero-order chi connectivity index (χ0) is 12.0. The minimum Gasteiger partial charge on any atom is -0.318 e. The van der Waals surface area contributed by atoms with Crippen molar-refractivity contribution < 1.29 is 19.4 Å². The number of hydrogen-bond acceptors (Lipinski definition) is 5. The number of carbonyl (C=O) groups is 2. The van der Waals surface area contributed by atoms with Crippen molar-refractivity contribution in [2.24, 2.45) is 11.7 Å². The number of rotatable bonds is 4. The van der Waals surface area contributed by atoms with E-state index in [1.54, 1.807) is 0 Å². The maximum Gasteiger partial charge on any atom is 0.381 e. The molecule has 5 nitrogen and oxygen atoms in total. The molecular weight excluding hydrogens is 198 g/mol. The molecule has 15 heavy (non-hydrogen) atoms. The van der Waals surface area contributed by atoms with Gasteiger partial charge < -0.3 is 5.73 Å². The van der Waals surface area contributed by atoms with E-state index >= 15 is 0 Å². The van der Waals surface area contributed by atoms with E-state index < -0.39 is 18.0 Å². The Morgan fingerprint density at radius 1 is 1.33 bits per heavy atom. The van der Waals surface area contributed by atoms with Crippen molar-refractivity contribution in [1.82, 2.24) is 0 Å². The van der Waals surface area contributed by atoms with E-state index in [1.807, 2.05) is 13.8 Å². The van der Waals surface area contributed by atoms with Gasteiger partial charge in [-0.05, 0) is 19.3 Å². The molecule has 0 saturated heterocycles. The lowest BCUT2D eigenvalue weighted by molar-refractivity contribution is -0.256. The summed E-state index contributed by atoms with van der Waals surface area (Å²) in [5.74, 6) is -1.26. The molecule has 86 valence electrons. The van der Waals surface area contributed by atoms with Crippen molar-refractivity contribution in [2.45, 2.75) is 33.2 Å². The monoisotopic (exact) mass is 215 g/mol. The summed E-state index contributed by atoms with van der Waals surface area (Å²) in [5.41, 5.74) is 5.65. The van der Waals surface area contributed by atoms with Gasteiger partial charge in [0.05, 0.1) is 0 Å². The Balaban J connectivity index is 3.93. The summed E-state index contributed by atoms with van der Waals surface area (Å²) in [7, 11) is 0. The highest BCUT2D eigenvalue weighted by Gasteiger charge is 2.19. The number of hydrogen-bond donors (Lipinski definition) is 1. The first-order chi connectivity index (χ1) is 6.84. The van der Waals surface area contributed by atoms with E-state index in [4.69, 9.17) is 5.73 Å². The maximum atomic E-state index is 11.2. The van der Waals surface area contributed by atoms with Crippen molar-refractivity contribution in [3.63, 3.8) is 0 Å². The van der Waals surface area contributed by atoms with Gasteiger partial charge in [0.2, 0.25) is 0 Å². The van der Waals surface area contributed by atoms with Crippen molar-refractivity contribution in [1.29, 1.82) is 0 Å². The van der Waals surface area contributed by atoms with Crippen LogP contribution in [-0.4, -0.2) is 18.0 Å². The van der Waals surface area contributed by atoms with Crippen LogP contribution in [0.5, 0.6) is 0 Å². The predicted molar refractivity (Wildman–Crippen MR) is 54.4 cm³/mol. The molecule has 1 atom stereocenters. The molecule has 0 aliphatic rings. The van der Waals surface area contributed by atoms with Gasteiger partial charge in [-0.2, -0.15) is 0 Å². The Morgan fingerprint density at radius 2 is 1.87 bits per heavy atom. The fraction of sp³-hybridized carbons (Fsp3) is 0.600. The molecule has 0 aromatic rings. The lowest BCUT2D eigenvalue weighted by atomic mass is 10.1. The second-order valence-electron chi connectivity index (χ2n) is 3.79. The van der Waals surface area contributed by atoms with Crippen LogP contribution >= 0.6 is 0 Å². The summed E-state index contributed by atoms with van der Waals surface area (Å²) in [6.07, 6.45) is 0.476. The van der Waals surface area contributed by atoms with Gasteiger partial charge in [-0.1, -0.05) is 20.4 Å². The third kappa shape index (κ3) is 5.85. The minimum atomic E-state index is -0.778. The molecule has 0 unspecified atom stereocenters. The van der Waals surface area contributed by atoms with Gasteiger partial charge in [0.25, 0.3) is 0 Å². The highest BCUT2D eigenvalue weighted by atomic mass is 17.2. The average molecular weight is 215 g/mol. The second-order valence-corrected chi connectivity index (χ2v) is 3.79. The molecular formula is C10H17NO4.